The fourth-order valence-electron chi connectivity index (χ4n) is 1.85. The van der Waals surface area contributed by atoms with Crippen LogP contribution in [-0.4, -0.2) is 38.1 Å². The highest BCUT2D eigenvalue weighted by Crippen LogP contribution is 2.15. The van der Waals surface area contributed by atoms with Crippen LogP contribution in [-0.2, 0) is 0 Å². The van der Waals surface area contributed by atoms with E-state index in [-0.39, 0.29) is 0 Å². The molecule has 0 aliphatic carbocycles. The average molecular weight is 200 g/mol. The van der Waals surface area contributed by atoms with Gasteiger partial charge in [-0.2, -0.15) is 0 Å². The van der Waals surface area contributed by atoms with Gasteiger partial charge >= 0.3 is 0 Å². The van der Waals surface area contributed by atoms with E-state index in [1.165, 1.54) is 0 Å². The molecule has 86 valence electrons. The van der Waals surface area contributed by atoms with Gasteiger partial charge in [0.2, 0.25) is 0 Å². The van der Waals surface area contributed by atoms with E-state index < -0.39 is 0 Å². The Kier molecular flexibility index (Phi) is 5.68. The lowest BCUT2D eigenvalue weighted by Crippen LogP contribution is -2.43. The molecule has 0 fully saturated rings. The summed E-state index contributed by atoms with van der Waals surface area (Å²) in [6.45, 7) is 13.7. The Hall–Kier alpha value is -0.0800. The van der Waals surface area contributed by atoms with Crippen molar-refractivity contribution in [3.63, 3.8) is 0 Å². The summed E-state index contributed by atoms with van der Waals surface area (Å²) in [5.41, 5.74) is 0.393. The second-order valence-corrected chi connectivity index (χ2v) is 5.90. The summed E-state index contributed by atoms with van der Waals surface area (Å²) in [5, 5.41) is 3.38. The van der Waals surface area contributed by atoms with E-state index in [2.05, 4.69) is 58.9 Å². The summed E-state index contributed by atoms with van der Waals surface area (Å²) in [6.07, 6.45) is 0. The van der Waals surface area contributed by atoms with Crippen LogP contribution in [0.15, 0.2) is 0 Å². The molecule has 0 aliphatic heterocycles. The summed E-state index contributed by atoms with van der Waals surface area (Å²) in [4.78, 5) is 2.42. The van der Waals surface area contributed by atoms with E-state index in [9.17, 15) is 0 Å². The lowest BCUT2D eigenvalue weighted by molar-refractivity contribution is 0.196. The van der Waals surface area contributed by atoms with Gasteiger partial charge in [-0.05, 0) is 25.4 Å². The van der Waals surface area contributed by atoms with Gasteiger partial charge < -0.3 is 10.2 Å². The fourth-order valence-corrected chi connectivity index (χ4v) is 1.85. The maximum atomic E-state index is 3.38. The monoisotopic (exact) mass is 200 g/mol. The Bertz CT molecular complexity index is 147. The molecular formula is C12H28N2. The third-order valence-corrected chi connectivity index (χ3v) is 2.43. The molecule has 0 aromatic carbocycles. The average Bonchev–Trinajstić information content (AvgIpc) is 1.96. The highest BCUT2D eigenvalue weighted by molar-refractivity contribution is 4.75. The number of hydrogen-bond acceptors (Lipinski definition) is 2. The topological polar surface area (TPSA) is 15.3 Å². The van der Waals surface area contributed by atoms with Crippen LogP contribution in [0.25, 0.3) is 0 Å². The van der Waals surface area contributed by atoms with Crippen LogP contribution in [0.4, 0.5) is 0 Å². The Labute approximate surface area is 90.1 Å². The first kappa shape index (κ1) is 13.9. The minimum Gasteiger partial charge on any atom is -0.315 e. The van der Waals surface area contributed by atoms with Crippen molar-refractivity contribution in [2.45, 2.75) is 40.7 Å². The summed E-state index contributed by atoms with van der Waals surface area (Å²) in [7, 11) is 4.26. The number of rotatable bonds is 5. The van der Waals surface area contributed by atoms with Crippen molar-refractivity contribution >= 4 is 0 Å². The maximum absolute atomic E-state index is 3.38. The first-order chi connectivity index (χ1) is 6.26. The molecular weight excluding hydrogens is 172 g/mol. The molecule has 0 spiro atoms. The van der Waals surface area contributed by atoms with Crippen molar-refractivity contribution in [3.05, 3.63) is 0 Å². The van der Waals surface area contributed by atoms with Gasteiger partial charge in [-0.1, -0.05) is 34.6 Å². The summed E-state index contributed by atoms with van der Waals surface area (Å²) >= 11 is 0. The Balaban J connectivity index is 3.97. The van der Waals surface area contributed by atoms with E-state index in [4.69, 9.17) is 0 Å². The second kappa shape index (κ2) is 5.72. The van der Waals surface area contributed by atoms with E-state index in [1.54, 1.807) is 0 Å². The molecule has 0 aromatic rings. The SMILES string of the molecule is CNC(CN(C)CC(C)(C)C)C(C)C. The Morgan fingerprint density at radius 3 is 2.00 bits per heavy atom. The summed E-state index contributed by atoms with van der Waals surface area (Å²) in [5.74, 6) is 0.697. The van der Waals surface area contributed by atoms with Gasteiger partial charge in [0.1, 0.15) is 0 Å². The number of likely N-dealkylation sites (N-methyl/N-ethyl adjacent to an activating group) is 2. The van der Waals surface area contributed by atoms with Crippen LogP contribution in [0.3, 0.4) is 0 Å². The van der Waals surface area contributed by atoms with Gasteiger partial charge in [-0.3, -0.25) is 0 Å². The van der Waals surface area contributed by atoms with Gasteiger partial charge in [-0.15, -0.1) is 0 Å². The van der Waals surface area contributed by atoms with Crippen LogP contribution in [0.2, 0.25) is 0 Å². The van der Waals surface area contributed by atoms with Gasteiger partial charge in [0.25, 0.3) is 0 Å². The Morgan fingerprint density at radius 1 is 1.21 bits per heavy atom. The minimum absolute atomic E-state index is 0.393. The van der Waals surface area contributed by atoms with Crippen LogP contribution in [0, 0.1) is 11.3 Å². The molecule has 14 heavy (non-hydrogen) atoms. The van der Waals surface area contributed by atoms with Crippen LogP contribution < -0.4 is 5.32 Å². The molecule has 0 saturated carbocycles. The van der Waals surface area contributed by atoms with Crippen molar-refractivity contribution in [3.8, 4) is 0 Å². The smallest absolute Gasteiger partial charge is 0.0214 e. The maximum Gasteiger partial charge on any atom is 0.0214 e. The summed E-state index contributed by atoms with van der Waals surface area (Å²) in [6, 6.07) is 0.599. The van der Waals surface area contributed by atoms with Gasteiger partial charge in [0, 0.05) is 19.1 Å². The molecule has 2 nitrogen and oxygen atoms in total. The zero-order valence-electron chi connectivity index (χ0n) is 11.0. The largest absolute Gasteiger partial charge is 0.315 e. The first-order valence-electron chi connectivity index (χ1n) is 5.62. The Morgan fingerprint density at radius 2 is 1.71 bits per heavy atom. The molecule has 1 N–H and O–H groups in total. The molecule has 1 atom stereocenters. The van der Waals surface area contributed by atoms with Crippen molar-refractivity contribution in [1.29, 1.82) is 0 Å². The molecule has 0 radical (unpaired) electrons. The van der Waals surface area contributed by atoms with Gasteiger partial charge in [-0.25, -0.2) is 0 Å². The van der Waals surface area contributed by atoms with Crippen LogP contribution in [0.5, 0.6) is 0 Å². The van der Waals surface area contributed by atoms with E-state index >= 15 is 0 Å². The lowest BCUT2D eigenvalue weighted by Gasteiger charge is -2.31. The predicted octanol–water partition coefficient (Wildman–Crippen LogP) is 2.21. The molecule has 0 bridgehead atoms. The number of hydrogen-bond donors (Lipinski definition) is 1. The zero-order valence-corrected chi connectivity index (χ0v) is 11.0. The lowest BCUT2D eigenvalue weighted by atomic mass is 9.95. The second-order valence-electron chi connectivity index (χ2n) is 5.90. The predicted molar refractivity (Wildman–Crippen MR) is 64.6 cm³/mol. The van der Waals surface area contributed by atoms with Crippen LogP contribution >= 0.6 is 0 Å². The van der Waals surface area contributed by atoms with Gasteiger partial charge in [0.05, 0.1) is 0 Å². The summed E-state index contributed by atoms with van der Waals surface area (Å²) < 4.78 is 0. The molecule has 0 saturated heterocycles. The van der Waals surface area contributed by atoms with E-state index in [0.717, 1.165) is 13.1 Å². The van der Waals surface area contributed by atoms with Crippen molar-refractivity contribution in [2.24, 2.45) is 11.3 Å². The third-order valence-electron chi connectivity index (χ3n) is 2.43. The van der Waals surface area contributed by atoms with Gasteiger partial charge in [0.15, 0.2) is 0 Å². The quantitative estimate of drug-likeness (QED) is 0.732. The molecule has 1 unspecified atom stereocenters. The molecule has 0 rings (SSSR count). The van der Waals surface area contributed by atoms with E-state index in [0.29, 0.717) is 17.4 Å². The third kappa shape index (κ3) is 6.39. The van der Waals surface area contributed by atoms with Crippen LogP contribution in [0.1, 0.15) is 34.6 Å². The highest BCUT2D eigenvalue weighted by Gasteiger charge is 2.17. The molecule has 0 heterocycles. The van der Waals surface area contributed by atoms with Crippen molar-refractivity contribution in [1.82, 2.24) is 10.2 Å². The van der Waals surface area contributed by atoms with E-state index in [1.807, 2.05) is 0 Å². The van der Waals surface area contributed by atoms with Crippen molar-refractivity contribution < 1.29 is 0 Å². The minimum atomic E-state index is 0.393. The standard InChI is InChI=1S/C12H28N2/c1-10(2)11(13-6)8-14(7)9-12(3,4)5/h10-11,13H,8-9H2,1-7H3. The molecule has 0 aliphatic rings. The molecule has 2 heteroatoms. The molecule has 0 amide bonds. The number of nitrogens with one attached hydrogen (secondary N) is 1. The normalized spacial score (nSPS) is 15.2. The molecule has 0 aromatic heterocycles. The first-order valence-corrected chi connectivity index (χ1v) is 5.62. The highest BCUT2D eigenvalue weighted by atomic mass is 15.1. The number of nitrogens with zero attached hydrogens (tertiary/aromatic N) is 1. The zero-order chi connectivity index (χ0) is 11.4. The fraction of sp³-hybridized carbons (Fsp3) is 1.00. The van der Waals surface area contributed by atoms with Crippen molar-refractivity contribution in [2.75, 3.05) is 27.2 Å².